The molecule has 0 saturated heterocycles. The van der Waals surface area contributed by atoms with Gasteiger partial charge in [-0.05, 0) is 36.2 Å². The van der Waals surface area contributed by atoms with Gasteiger partial charge in [-0.2, -0.15) is 0 Å². The first kappa shape index (κ1) is 12.6. The zero-order valence-electron chi connectivity index (χ0n) is 10.4. The quantitative estimate of drug-likeness (QED) is 0.878. The van der Waals surface area contributed by atoms with E-state index in [-0.39, 0.29) is 0 Å². The van der Waals surface area contributed by atoms with Crippen molar-refractivity contribution in [3.8, 4) is 5.75 Å². The summed E-state index contributed by atoms with van der Waals surface area (Å²) < 4.78 is 5.50. The molecule has 0 bridgehead atoms. The Hall–Kier alpha value is -1.87. The molecule has 0 fully saturated rings. The summed E-state index contributed by atoms with van der Waals surface area (Å²) in [5.41, 5.74) is 1.47. The molecule has 3 heteroatoms. The molecule has 1 atom stereocenters. The normalized spacial score (nSPS) is 12.1. The lowest BCUT2D eigenvalue weighted by molar-refractivity contribution is 0.215. The van der Waals surface area contributed by atoms with Gasteiger partial charge in [0.15, 0.2) is 0 Å². The minimum Gasteiger partial charge on any atom is -0.494 e. The molecule has 1 aromatic carbocycles. The SMILES string of the molecule is CCCOc1ccc(C(O)c2ccccn2)cc1. The Kier molecular flexibility index (Phi) is 4.31. The third-order valence-electron chi connectivity index (χ3n) is 2.64. The van der Waals surface area contributed by atoms with Gasteiger partial charge in [-0.15, -0.1) is 0 Å². The number of aromatic nitrogens is 1. The average molecular weight is 243 g/mol. The van der Waals surface area contributed by atoms with Crippen molar-refractivity contribution in [2.24, 2.45) is 0 Å². The summed E-state index contributed by atoms with van der Waals surface area (Å²) in [7, 11) is 0. The minimum atomic E-state index is -0.688. The summed E-state index contributed by atoms with van der Waals surface area (Å²) in [5.74, 6) is 0.828. The van der Waals surface area contributed by atoms with E-state index in [4.69, 9.17) is 4.74 Å². The van der Waals surface area contributed by atoms with Gasteiger partial charge in [0, 0.05) is 6.20 Å². The zero-order valence-corrected chi connectivity index (χ0v) is 10.4. The Morgan fingerprint density at radius 2 is 1.94 bits per heavy atom. The van der Waals surface area contributed by atoms with Crippen LogP contribution in [0, 0.1) is 0 Å². The molecule has 94 valence electrons. The number of nitrogens with zero attached hydrogens (tertiary/aromatic N) is 1. The highest BCUT2D eigenvalue weighted by Gasteiger charge is 2.10. The number of hydrogen-bond acceptors (Lipinski definition) is 3. The molecule has 0 saturated carbocycles. The van der Waals surface area contributed by atoms with E-state index in [1.165, 1.54) is 0 Å². The average Bonchev–Trinajstić information content (AvgIpc) is 2.46. The molecule has 18 heavy (non-hydrogen) atoms. The van der Waals surface area contributed by atoms with E-state index < -0.39 is 6.10 Å². The Morgan fingerprint density at radius 1 is 1.17 bits per heavy atom. The summed E-state index contributed by atoms with van der Waals surface area (Å²) in [4.78, 5) is 4.15. The van der Waals surface area contributed by atoms with E-state index in [1.807, 2.05) is 42.5 Å². The Morgan fingerprint density at radius 3 is 2.56 bits per heavy atom. The van der Waals surface area contributed by atoms with Crippen LogP contribution in [-0.2, 0) is 0 Å². The number of pyridine rings is 1. The first-order chi connectivity index (χ1) is 8.81. The van der Waals surface area contributed by atoms with E-state index in [1.54, 1.807) is 6.20 Å². The second-order valence-corrected chi connectivity index (χ2v) is 4.07. The van der Waals surface area contributed by atoms with Crippen LogP contribution in [0.15, 0.2) is 48.7 Å². The van der Waals surface area contributed by atoms with Gasteiger partial charge in [0.05, 0.1) is 12.3 Å². The van der Waals surface area contributed by atoms with Crippen molar-refractivity contribution in [3.63, 3.8) is 0 Å². The Bertz CT molecular complexity index is 468. The van der Waals surface area contributed by atoms with Crippen LogP contribution in [0.2, 0.25) is 0 Å². The maximum absolute atomic E-state index is 10.2. The molecule has 0 spiro atoms. The van der Waals surface area contributed by atoms with E-state index in [9.17, 15) is 5.11 Å². The van der Waals surface area contributed by atoms with Gasteiger partial charge >= 0.3 is 0 Å². The van der Waals surface area contributed by atoms with Gasteiger partial charge in [0.2, 0.25) is 0 Å². The number of hydrogen-bond donors (Lipinski definition) is 1. The van der Waals surface area contributed by atoms with Gasteiger partial charge in [0.25, 0.3) is 0 Å². The van der Waals surface area contributed by atoms with Gasteiger partial charge in [-0.3, -0.25) is 4.98 Å². The van der Waals surface area contributed by atoms with Crippen LogP contribution in [0.1, 0.15) is 30.7 Å². The molecular weight excluding hydrogens is 226 g/mol. The van der Waals surface area contributed by atoms with Crippen LogP contribution < -0.4 is 4.74 Å². The largest absolute Gasteiger partial charge is 0.494 e. The predicted octanol–water partition coefficient (Wildman–Crippen LogP) is 2.95. The van der Waals surface area contributed by atoms with Crippen molar-refractivity contribution < 1.29 is 9.84 Å². The Balaban J connectivity index is 2.09. The minimum absolute atomic E-state index is 0.653. The number of benzene rings is 1. The van der Waals surface area contributed by atoms with Crippen LogP contribution in [0.4, 0.5) is 0 Å². The van der Waals surface area contributed by atoms with Crippen molar-refractivity contribution in [2.45, 2.75) is 19.4 Å². The van der Waals surface area contributed by atoms with E-state index >= 15 is 0 Å². The van der Waals surface area contributed by atoms with Crippen molar-refractivity contribution >= 4 is 0 Å². The summed E-state index contributed by atoms with van der Waals surface area (Å²) in [6, 6.07) is 13.0. The third kappa shape index (κ3) is 3.08. The first-order valence-corrected chi connectivity index (χ1v) is 6.13. The molecule has 0 aliphatic heterocycles. The van der Waals surface area contributed by atoms with Crippen LogP contribution >= 0.6 is 0 Å². The van der Waals surface area contributed by atoms with E-state index in [2.05, 4.69) is 11.9 Å². The second kappa shape index (κ2) is 6.17. The zero-order chi connectivity index (χ0) is 12.8. The summed E-state index contributed by atoms with van der Waals surface area (Å²) in [5, 5.41) is 10.2. The fourth-order valence-corrected chi connectivity index (χ4v) is 1.67. The lowest BCUT2D eigenvalue weighted by Gasteiger charge is -2.11. The topological polar surface area (TPSA) is 42.4 Å². The van der Waals surface area contributed by atoms with Crippen LogP contribution in [0.25, 0.3) is 0 Å². The highest BCUT2D eigenvalue weighted by molar-refractivity contribution is 5.31. The molecule has 1 heterocycles. The summed E-state index contributed by atoms with van der Waals surface area (Å²) in [6.07, 6.45) is 1.97. The lowest BCUT2D eigenvalue weighted by atomic mass is 10.1. The number of aliphatic hydroxyl groups excluding tert-OH is 1. The van der Waals surface area contributed by atoms with Crippen LogP contribution in [0.3, 0.4) is 0 Å². The lowest BCUT2D eigenvalue weighted by Crippen LogP contribution is -2.02. The van der Waals surface area contributed by atoms with Crippen LogP contribution in [-0.4, -0.2) is 16.7 Å². The van der Waals surface area contributed by atoms with Gasteiger partial charge < -0.3 is 9.84 Å². The molecule has 1 aromatic heterocycles. The molecular formula is C15H17NO2. The van der Waals surface area contributed by atoms with Gasteiger partial charge in [-0.25, -0.2) is 0 Å². The van der Waals surface area contributed by atoms with Crippen molar-refractivity contribution in [3.05, 3.63) is 59.9 Å². The predicted molar refractivity (Wildman–Crippen MR) is 70.5 cm³/mol. The first-order valence-electron chi connectivity index (χ1n) is 6.13. The summed E-state index contributed by atoms with van der Waals surface area (Å²) >= 11 is 0. The molecule has 1 N–H and O–H groups in total. The summed E-state index contributed by atoms with van der Waals surface area (Å²) in [6.45, 7) is 2.78. The van der Waals surface area contributed by atoms with Gasteiger partial charge in [0.1, 0.15) is 11.9 Å². The Labute approximate surface area is 107 Å². The highest BCUT2D eigenvalue weighted by atomic mass is 16.5. The standard InChI is InChI=1S/C15H17NO2/c1-2-11-18-13-8-6-12(7-9-13)15(17)14-5-3-4-10-16-14/h3-10,15,17H,2,11H2,1H3. The fraction of sp³-hybridized carbons (Fsp3) is 0.267. The molecule has 0 aliphatic rings. The molecule has 0 amide bonds. The van der Waals surface area contributed by atoms with E-state index in [0.717, 1.165) is 17.7 Å². The maximum Gasteiger partial charge on any atom is 0.121 e. The third-order valence-corrected chi connectivity index (χ3v) is 2.64. The second-order valence-electron chi connectivity index (χ2n) is 4.07. The number of aliphatic hydroxyl groups is 1. The van der Waals surface area contributed by atoms with Gasteiger partial charge in [-0.1, -0.05) is 25.1 Å². The molecule has 0 aliphatic carbocycles. The molecule has 3 nitrogen and oxygen atoms in total. The maximum atomic E-state index is 10.2. The molecule has 2 rings (SSSR count). The fourth-order valence-electron chi connectivity index (χ4n) is 1.67. The number of ether oxygens (including phenoxy) is 1. The molecule has 1 unspecified atom stereocenters. The highest BCUT2D eigenvalue weighted by Crippen LogP contribution is 2.22. The van der Waals surface area contributed by atoms with Crippen molar-refractivity contribution in [2.75, 3.05) is 6.61 Å². The molecule has 0 radical (unpaired) electrons. The van der Waals surface area contributed by atoms with E-state index in [0.29, 0.717) is 12.3 Å². The number of rotatable bonds is 5. The monoisotopic (exact) mass is 243 g/mol. The van der Waals surface area contributed by atoms with Crippen LogP contribution in [0.5, 0.6) is 5.75 Å². The van der Waals surface area contributed by atoms with Crippen molar-refractivity contribution in [1.29, 1.82) is 0 Å². The smallest absolute Gasteiger partial charge is 0.121 e. The molecule has 2 aromatic rings. The van der Waals surface area contributed by atoms with Crippen molar-refractivity contribution in [1.82, 2.24) is 4.98 Å².